The predicted octanol–water partition coefficient (Wildman–Crippen LogP) is 4.08. The lowest BCUT2D eigenvalue weighted by Crippen LogP contribution is -2.32. The highest BCUT2D eigenvalue weighted by Gasteiger charge is 2.24. The Balaban J connectivity index is 2.35. The van der Waals surface area contributed by atoms with E-state index in [4.69, 9.17) is 5.73 Å². The molecule has 0 saturated carbocycles. The number of urea groups is 1. The Morgan fingerprint density at radius 2 is 1.70 bits per heavy atom. The van der Waals surface area contributed by atoms with E-state index in [2.05, 4.69) is 6.08 Å². The van der Waals surface area contributed by atoms with E-state index in [1.807, 2.05) is 54.8 Å². The average Bonchev–Trinajstić information content (AvgIpc) is 2.61. The zero-order chi connectivity index (χ0) is 14.1. The van der Waals surface area contributed by atoms with E-state index < -0.39 is 6.03 Å². The molecule has 0 unspecified atom stereocenters. The molecular weight excluding hydrogens is 268 g/mol. The molecule has 2 N–H and O–H groups in total. The maximum atomic E-state index is 11.9. The fraction of sp³-hybridized carbons (Fsp3) is 0.0625. The summed E-state index contributed by atoms with van der Waals surface area (Å²) in [5.41, 5.74) is 9.27. The van der Waals surface area contributed by atoms with Crippen molar-refractivity contribution >= 4 is 40.1 Å². The molecule has 1 aliphatic heterocycles. The second-order valence-electron chi connectivity index (χ2n) is 4.46. The minimum Gasteiger partial charge on any atom is -0.351 e. The van der Waals surface area contributed by atoms with Gasteiger partial charge in [-0.25, -0.2) is 4.79 Å². The van der Waals surface area contributed by atoms with Gasteiger partial charge in [0.05, 0.1) is 11.4 Å². The fourth-order valence-corrected chi connectivity index (χ4v) is 3.08. The molecule has 20 heavy (non-hydrogen) atoms. The second-order valence-corrected chi connectivity index (χ2v) is 5.31. The highest BCUT2D eigenvalue weighted by Crippen LogP contribution is 2.42. The molecule has 4 heteroatoms. The van der Waals surface area contributed by atoms with Crippen molar-refractivity contribution in [2.45, 2.75) is 0 Å². The summed E-state index contributed by atoms with van der Waals surface area (Å²) in [5, 5.41) is 0. The van der Waals surface area contributed by atoms with E-state index in [1.54, 1.807) is 16.7 Å². The molecular formula is C16H14N2OS. The largest absolute Gasteiger partial charge is 0.351 e. The van der Waals surface area contributed by atoms with Crippen LogP contribution >= 0.6 is 11.8 Å². The first-order chi connectivity index (χ1) is 9.72. The third-order valence-corrected chi connectivity index (χ3v) is 4.09. The summed E-state index contributed by atoms with van der Waals surface area (Å²) in [7, 11) is 0. The van der Waals surface area contributed by atoms with Crippen molar-refractivity contribution in [1.82, 2.24) is 0 Å². The number of anilines is 2. The molecule has 0 atom stereocenters. The number of hydrogen-bond donors (Lipinski definition) is 1. The molecule has 2 aromatic carbocycles. The normalized spacial score (nSPS) is 13.1. The minimum absolute atomic E-state index is 0.472. The first-order valence-corrected chi connectivity index (χ1v) is 7.48. The zero-order valence-electron chi connectivity index (χ0n) is 11.0. The van der Waals surface area contributed by atoms with Crippen LogP contribution in [0.15, 0.2) is 48.5 Å². The van der Waals surface area contributed by atoms with Crippen LogP contribution in [0.5, 0.6) is 0 Å². The molecule has 0 spiro atoms. The number of para-hydroxylation sites is 2. The van der Waals surface area contributed by atoms with Gasteiger partial charge < -0.3 is 5.73 Å². The number of rotatable bonds is 1. The first-order valence-electron chi connectivity index (χ1n) is 6.26. The van der Waals surface area contributed by atoms with Gasteiger partial charge in [-0.3, -0.25) is 4.90 Å². The van der Waals surface area contributed by atoms with Crippen molar-refractivity contribution in [3.63, 3.8) is 0 Å². The van der Waals surface area contributed by atoms with Gasteiger partial charge in [-0.15, -0.1) is 11.8 Å². The van der Waals surface area contributed by atoms with E-state index in [1.165, 1.54) is 0 Å². The summed E-state index contributed by atoms with van der Waals surface area (Å²) in [6.45, 7) is 0. The highest BCUT2D eigenvalue weighted by atomic mass is 32.2. The molecule has 0 radical (unpaired) electrons. The number of fused-ring (bicyclic) bond motifs is 2. The molecule has 0 saturated heterocycles. The number of primary amides is 1. The molecule has 0 fully saturated rings. The molecule has 0 aliphatic carbocycles. The van der Waals surface area contributed by atoms with Crippen LogP contribution in [0.25, 0.3) is 11.0 Å². The summed E-state index contributed by atoms with van der Waals surface area (Å²) in [4.78, 5) is 14.6. The monoisotopic (exact) mass is 282 g/mol. The van der Waals surface area contributed by atoms with Crippen molar-refractivity contribution in [2.75, 3.05) is 11.2 Å². The lowest BCUT2D eigenvalue weighted by molar-refractivity contribution is 0.256. The van der Waals surface area contributed by atoms with Crippen LogP contribution in [0.1, 0.15) is 11.1 Å². The maximum Gasteiger partial charge on any atom is 0.323 e. The van der Waals surface area contributed by atoms with Crippen LogP contribution < -0.4 is 10.6 Å². The number of amides is 2. The maximum absolute atomic E-state index is 11.9. The molecule has 0 aromatic heterocycles. The van der Waals surface area contributed by atoms with Crippen LogP contribution in [-0.2, 0) is 0 Å². The van der Waals surface area contributed by atoms with E-state index in [0.717, 1.165) is 27.4 Å². The Labute approximate surface area is 122 Å². The number of hydrogen-bond acceptors (Lipinski definition) is 2. The second kappa shape index (κ2) is 5.06. The van der Waals surface area contributed by atoms with Gasteiger partial charge in [0.15, 0.2) is 0 Å². The molecule has 1 aliphatic rings. The predicted molar refractivity (Wildman–Crippen MR) is 86.0 cm³/mol. The van der Waals surface area contributed by atoms with Gasteiger partial charge in [0, 0.05) is 10.5 Å². The van der Waals surface area contributed by atoms with Crippen LogP contribution in [0.2, 0.25) is 0 Å². The van der Waals surface area contributed by atoms with E-state index in [-0.39, 0.29) is 0 Å². The van der Waals surface area contributed by atoms with E-state index in [0.29, 0.717) is 0 Å². The SMILES string of the molecule is CSC1=Cc2ccccc2N(C(N)=O)c2ccccc21. The topological polar surface area (TPSA) is 46.3 Å². The van der Waals surface area contributed by atoms with Gasteiger partial charge in [0.1, 0.15) is 0 Å². The Bertz CT molecular complexity index is 709. The molecule has 2 amide bonds. The lowest BCUT2D eigenvalue weighted by Gasteiger charge is -2.22. The van der Waals surface area contributed by atoms with Gasteiger partial charge >= 0.3 is 6.03 Å². The van der Waals surface area contributed by atoms with Crippen LogP contribution in [-0.4, -0.2) is 12.3 Å². The number of nitrogens with two attached hydrogens (primary N) is 1. The molecule has 3 nitrogen and oxygen atoms in total. The van der Waals surface area contributed by atoms with Crippen LogP contribution in [0, 0.1) is 0 Å². The third kappa shape index (κ3) is 1.98. The van der Waals surface area contributed by atoms with Gasteiger partial charge in [-0.05, 0) is 30.0 Å². The zero-order valence-corrected chi connectivity index (χ0v) is 11.9. The molecule has 100 valence electrons. The summed E-state index contributed by atoms with van der Waals surface area (Å²) >= 11 is 1.66. The number of nitrogens with zero attached hydrogens (tertiary/aromatic N) is 1. The van der Waals surface area contributed by atoms with Gasteiger partial charge in [0.25, 0.3) is 0 Å². The standard InChI is InChI=1S/C16H14N2OS/c1-20-15-10-11-6-2-4-8-13(11)18(16(17)19)14-9-5-3-7-12(14)15/h2-10H,1H3,(H2,17,19). The molecule has 1 heterocycles. The molecule has 3 rings (SSSR count). The lowest BCUT2D eigenvalue weighted by atomic mass is 10.1. The van der Waals surface area contributed by atoms with Crippen LogP contribution in [0.4, 0.5) is 16.2 Å². The average molecular weight is 282 g/mol. The first kappa shape index (κ1) is 12.8. The van der Waals surface area contributed by atoms with Crippen LogP contribution in [0.3, 0.4) is 0 Å². The molecule has 0 bridgehead atoms. The number of thioether (sulfide) groups is 1. The smallest absolute Gasteiger partial charge is 0.323 e. The van der Waals surface area contributed by atoms with Crippen molar-refractivity contribution in [2.24, 2.45) is 5.73 Å². The summed E-state index contributed by atoms with van der Waals surface area (Å²) in [5.74, 6) is 0. The van der Waals surface area contributed by atoms with E-state index in [9.17, 15) is 4.79 Å². The number of carbonyl (C=O) groups is 1. The van der Waals surface area contributed by atoms with Crippen molar-refractivity contribution in [3.05, 3.63) is 59.7 Å². The Kier molecular flexibility index (Phi) is 3.24. The Morgan fingerprint density at radius 1 is 1.05 bits per heavy atom. The number of carbonyl (C=O) groups excluding carboxylic acids is 1. The molecule has 2 aromatic rings. The van der Waals surface area contributed by atoms with Crippen molar-refractivity contribution in [3.8, 4) is 0 Å². The third-order valence-electron chi connectivity index (χ3n) is 3.31. The quantitative estimate of drug-likeness (QED) is 0.856. The van der Waals surface area contributed by atoms with Gasteiger partial charge in [-0.2, -0.15) is 0 Å². The number of benzene rings is 2. The fourth-order valence-electron chi connectivity index (χ4n) is 2.45. The van der Waals surface area contributed by atoms with Gasteiger partial charge in [0.2, 0.25) is 0 Å². The summed E-state index contributed by atoms with van der Waals surface area (Å²) < 4.78 is 0. The minimum atomic E-state index is -0.472. The van der Waals surface area contributed by atoms with E-state index >= 15 is 0 Å². The van der Waals surface area contributed by atoms with Crippen molar-refractivity contribution < 1.29 is 4.79 Å². The Hall–Kier alpha value is -2.20. The Morgan fingerprint density at radius 3 is 2.40 bits per heavy atom. The van der Waals surface area contributed by atoms with Gasteiger partial charge in [-0.1, -0.05) is 36.4 Å². The van der Waals surface area contributed by atoms with Crippen molar-refractivity contribution in [1.29, 1.82) is 0 Å². The summed E-state index contributed by atoms with van der Waals surface area (Å²) in [6, 6.07) is 15.1. The highest BCUT2D eigenvalue weighted by molar-refractivity contribution is 8.07. The summed E-state index contributed by atoms with van der Waals surface area (Å²) in [6.07, 6.45) is 4.13.